The van der Waals surface area contributed by atoms with Crippen LogP contribution in [0.3, 0.4) is 0 Å². The van der Waals surface area contributed by atoms with Gasteiger partial charge < -0.3 is 10.2 Å². The van der Waals surface area contributed by atoms with Crippen LogP contribution >= 0.6 is 0 Å². The van der Waals surface area contributed by atoms with Crippen molar-refractivity contribution in [3.63, 3.8) is 0 Å². The fourth-order valence-electron chi connectivity index (χ4n) is 6.27. The van der Waals surface area contributed by atoms with Gasteiger partial charge in [-0.15, -0.1) is 0 Å². The van der Waals surface area contributed by atoms with Crippen molar-refractivity contribution in [3.05, 3.63) is 0 Å². The van der Waals surface area contributed by atoms with Crippen molar-refractivity contribution in [2.45, 2.75) is 70.8 Å². The van der Waals surface area contributed by atoms with Gasteiger partial charge in [0.1, 0.15) is 0 Å². The lowest BCUT2D eigenvalue weighted by Gasteiger charge is -2.57. The summed E-state index contributed by atoms with van der Waals surface area (Å²) in [5.41, 5.74) is 0.462. The standard InChI is InChI=1S/C18H30N2O/c1-13-4-2-3-5-20(13)17(21)19-12-18-9-14-6-15(10-18)8-16(7-14)11-18/h13-16H,2-12H2,1H3,(H,19,21). The highest BCUT2D eigenvalue weighted by Crippen LogP contribution is 2.59. The number of likely N-dealkylation sites (tertiary alicyclic amines) is 1. The van der Waals surface area contributed by atoms with E-state index in [1.165, 1.54) is 57.8 Å². The zero-order valence-electron chi connectivity index (χ0n) is 13.4. The van der Waals surface area contributed by atoms with Crippen LogP contribution < -0.4 is 5.32 Å². The molecule has 0 radical (unpaired) electrons. The Bertz CT molecular complexity index is 384. The summed E-state index contributed by atoms with van der Waals surface area (Å²) in [7, 11) is 0. The van der Waals surface area contributed by atoms with Gasteiger partial charge in [0.15, 0.2) is 0 Å². The second-order valence-corrected chi connectivity index (χ2v) is 8.61. The van der Waals surface area contributed by atoms with E-state index in [1.54, 1.807) is 0 Å². The van der Waals surface area contributed by atoms with Crippen molar-refractivity contribution >= 4 is 6.03 Å². The average molecular weight is 290 g/mol. The summed E-state index contributed by atoms with van der Waals surface area (Å²) in [6, 6.07) is 0.632. The van der Waals surface area contributed by atoms with E-state index >= 15 is 0 Å². The molecular formula is C18H30N2O. The SMILES string of the molecule is CC1CCCCN1C(=O)NCC12CC3CC(CC(C3)C1)C2. The number of hydrogen-bond donors (Lipinski definition) is 1. The molecule has 1 saturated heterocycles. The number of amides is 2. The molecule has 3 heteroatoms. The number of urea groups is 1. The maximum absolute atomic E-state index is 12.5. The second-order valence-electron chi connectivity index (χ2n) is 8.61. The molecule has 5 aliphatic rings. The van der Waals surface area contributed by atoms with Crippen molar-refractivity contribution in [2.75, 3.05) is 13.1 Å². The topological polar surface area (TPSA) is 32.3 Å². The molecule has 5 fully saturated rings. The molecule has 1 aliphatic heterocycles. The third kappa shape index (κ3) is 2.57. The van der Waals surface area contributed by atoms with Gasteiger partial charge in [-0.2, -0.15) is 0 Å². The molecule has 2 amide bonds. The molecule has 5 rings (SSSR count). The molecule has 0 aromatic carbocycles. The molecular weight excluding hydrogens is 260 g/mol. The predicted octanol–water partition coefficient (Wildman–Crippen LogP) is 3.79. The van der Waals surface area contributed by atoms with E-state index in [0.717, 1.165) is 30.8 Å². The normalized spacial score (nSPS) is 44.9. The number of carbonyl (C=O) groups is 1. The zero-order chi connectivity index (χ0) is 14.4. The van der Waals surface area contributed by atoms with Crippen LogP contribution in [0.25, 0.3) is 0 Å². The first-order valence-corrected chi connectivity index (χ1v) is 9.18. The Hall–Kier alpha value is -0.730. The minimum absolute atomic E-state index is 0.206. The van der Waals surface area contributed by atoms with Crippen molar-refractivity contribution in [1.82, 2.24) is 10.2 Å². The summed E-state index contributed by atoms with van der Waals surface area (Å²) in [5.74, 6) is 2.92. The van der Waals surface area contributed by atoms with Gasteiger partial charge in [0.25, 0.3) is 0 Å². The van der Waals surface area contributed by atoms with Gasteiger partial charge >= 0.3 is 6.03 Å². The molecule has 1 N–H and O–H groups in total. The lowest BCUT2D eigenvalue weighted by Crippen LogP contribution is -2.54. The second kappa shape index (κ2) is 5.17. The monoisotopic (exact) mass is 290 g/mol. The first-order chi connectivity index (χ1) is 10.1. The van der Waals surface area contributed by atoms with E-state index in [2.05, 4.69) is 17.1 Å². The van der Waals surface area contributed by atoms with E-state index < -0.39 is 0 Å². The molecule has 1 atom stereocenters. The number of hydrogen-bond acceptors (Lipinski definition) is 1. The van der Waals surface area contributed by atoms with Crippen molar-refractivity contribution in [3.8, 4) is 0 Å². The molecule has 0 aromatic rings. The van der Waals surface area contributed by atoms with Gasteiger partial charge in [-0.05, 0) is 87.9 Å². The minimum atomic E-state index is 0.206. The van der Waals surface area contributed by atoms with Crippen LogP contribution in [0.15, 0.2) is 0 Å². The van der Waals surface area contributed by atoms with E-state index in [9.17, 15) is 4.79 Å². The third-order valence-electron chi connectivity index (χ3n) is 6.84. The first-order valence-electron chi connectivity index (χ1n) is 9.18. The molecule has 4 aliphatic carbocycles. The summed E-state index contributed by atoms with van der Waals surface area (Å²) in [6.45, 7) is 4.09. The molecule has 3 nitrogen and oxygen atoms in total. The first kappa shape index (κ1) is 13.9. The quantitative estimate of drug-likeness (QED) is 0.824. The van der Waals surface area contributed by atoms with Crippen LogP contribution in [0.1, 0.15) is 64.7 Å². The molecule has 0 aromatic heterocycles. The fourth-order valence-corrected chi connectivity index (χ4v) is 6.27. The Balaban J connectivity index is 1.37. The van der Waals surface area contributed by atoms with Gasteiger partial charge in [-0.25, -0.2) is 4.79 Å². The highest BCUT2D eigenvalue weighted by molar-refractivity contribution is 5.74. The van der Waals surface area contributed by atoms with Gasteiger partial charge in [-0.1, -0.05) is 0 Å². The van der Waals surface area contributed by atoms with E-state index in [1.807, 2.05) is 0 Å². The van der Waals surface area contributed by atoms with Crippen molar-refractivity contribution in [1.29, 1.82) is 0 Å². The van der Waals surface area contributed by atoms with Crippen LogP contribution in [-0.2, 0) is 0 Å². The lowest BCUT2D eigenvalue weighted by molar-refractivity contribution is -0.0504. The summed E-state index contributed by atoms with van der Waals surface area (Å²) in [4.78, 5) is 14.6. The zero-order valence-corrected chi connectivity index (χ0v) is 13.4. The molecule has 4 bridgehead atoms. The maximum Gasteiger partial charge on any atom is 0.317 e. The number of nitrogens with one attached hydrogen (secondary N) is 1. The predicted molar refractivity (Wildman–Crippen MR) is 84.0 cm³/mol. The van der Waals surface area contributed by atoms with Gasteiger partial charge in [0.05, 0.1) is 0 Å². The molecule has 4 saturated carbocycles. The molecule has 1 unspecified atom stereocenters. The van der Waals surface area contributed by atoms with E-state index in [-0.39, 0.29) is 6.03 Å². The Kier molecular flexibility index (Phi) is 3.42. The van der Waals surface area contributed by atoms with Crippen molar-refractivity contribution < 1.29 is 4.79 Å². The highest BCUT2D eigenvalue weighted by atomic mass is 16.2. The third-order valence-corrected chi connectivity index (χ3v) is 6.84. The highest BCUT2D eigenvalue weighted by Gasteiger charge is 2.50. The smallest absolute Gasteiger partial charge is 0.317 e. The molecule has 21 heavy (non-hydrogen) atoms. The molecule has 0 spiro atoms. The van der Waals surface area contributed by atoms with Crippen LogP contribution in [0.5, 0.6) is 0 Å². The Morgan fingerprint density at radius 2 is 1.71 bits per heavy atom. The largest absolute Gasteiger partial charge is 0.337 e. The Labute approximate surface area is 128 Å². The van der Waals surface area contributed by atoms with Gasteiger partial charge in [0.2, 0.25) is 0 Å². The summed E-state index contributed by atoms with van der Waals surface area (Å²) in [5, 5.41) is 3.33. The molecule has 1 heterocycles. The Morgan fingerprint density at radius 3 is 2.29 bits per heavy atom. The Morgan fingerprint density at radius 1 is 1.10 bits per heavy atom. The summed E-state index contributed by atoms with van der Waals surface area (Å²) >= 11 is 0. The summed E-state index contributed by atoms with van der Waals surface area (Å²) < 4.78 is 0. The minimum Gasteiger partial charge on any atom is -0.337 e. The fraction of sp³-hybridized carbons (Fsp3) is 0.944. The maximum atomic E-state index is 12.5. The average Bonchev–Trinajstić information content (AvgIpc) is 2.44. The molecule has 118 valence electrons. The van der Waals surface area contributed by atoms with E-state index in [0.29, 0.717) is 11.5 Å². The number of rotatable bonds is 2. The number of piperidine rings is 1. The van der Waals surface area contributed by atoms with Crippen LogP contribution in [-0.4, -0.2) is 30.1 Å². The van der Waals surface area contributed by atoms with Crippen molar-refractivity contribution in [2.24, 2.45) is 23.2 Å². The van der Waals surface area contributed by atoms with Crippen LogP contribution in [0, 0.1) is 23.2 Å². The summed E-state index contributed by atoms with van der Waals surface area (Å²) in [6.07, 6.45) is 12.2. The van der Waals surface area contributed by atoms with Gasteiger partial charge in [0, 0.05) is 19.1 Å². The lowest BCUT2D eigenvalue weighted by atomic mass is 9.49. The van der Waals surface area contributed by atoms with E-state index in [4.69, 9.17) is 0 Å². The van der Waals surface area contributed by atoms with Crippen LogP contribution in [0.2, 0.25) is 0 Å². The number of nitrogens with zero attached hydrogens (tertiary/aromatic N) is 1. The van der Waals surface area contributed by atoms with Crippen LogP contribution in [0.4, 0.5) is 4.79 Å². The van der Waals surface area contributed by atoms with Gasteiger partial charge in [-0.3, -0.25) is 0 Å². The number of carbonyl (C=O) groups excluding carboxylic acids is 1.